The number of piperidine rings is 1. The Morgan fingerprint density at radius 2 is 1.97 bits per heavy atom. The van der Waals surface area contributed by atoms with Gasteiger partial charge in [0, 0.05) is 45.0 Å². The molecule has 0 aromatic heterocycles. The van der Waals surface area contributed by atoms with Gasteiger partial charge in [-0.3, -0.25) is 4.79 Å². The van der Waals surface area contributed by atoms with Gasteiger partial charge in [-0.25, -0.2) is 21.9 Å². The van der Waals surface area contributed by atoms with E-state index >= 15 is 0 Å². The second kappa shape index (κ2) is 10.8. The molecule has 1 unspecified atom stereocenters. The van der Waals surface area contributed by atoms with E-state index in [-0.39, 0.29) is 28.0 Å². The van der Waals surface area contributed by atoms with Crippen LogP contribution in [0.2, 0.25) is 0 Å². The fourth-order valence-corrected chi connectivity index (χ4v) is 4.86. The number of likely N-dealkylation sites (tertiary alicyclic amines) is 1. The zero-order valence-corrected chi connectivity index (χ0v) is 20.2. The van der Waals surface area contributed by atoms with Crippen LogP contribution in [-0.2, 0) is 10.0 Å². The molecule has 1 atom stereocenters. The smallest absolute Gasteiger partial charge is 0.319 e. The molecule has 3 rings (SSSR count). The van der Waals surface area contributed by atoms with Crippen LogP contribution < -0.4 is 15.4 Å². The van der Waals surface area contributed by atoms with Crippen LogP contribution in [-0.4, -0.2) is 70.4 Å². The van der Waals surface area contributed by atoms with E-state index in [0.29, 0.717) is 25.3 Å². The number of anilines is 1. The van der Waals surface area contributed by atoms with E-state index in [1.54, 1.807) is 17.0 Å². The standard InChI is InChI=1S/C23H29FN4O5S/c1-27(2)34(31,32)21-12-17(9-10-20(21)33-3)22(29)28-11-5-6-16(15-28)14-25-23(30)26-19-8-4-7-18(24)13-19/h4,7-10,12-13,16H,5-6,11,14-15H2,1-3H3,(H2,25,26,30). The van der Waals surface area contributed by atoms with Gasteiger partial charge < -0.3 is 20.3 Å². The van der Waals surface area contributed by atoms with Crippen molar-refractivity contribution in [3.8, 4) is 5.75 Å². The van der Waals surface area contributed by atoms with Gasteiger partial charge in [0.2, 0.25) is 10.0 Å². The Kier molecular flexibility index (Phi) is 8.11. The van der Waals surface area contributed by atoms with E-state index < -0.39 is 21.9 Å². The molecule has 1 aliphatic heterocycles. The van der Waals surface area contributed by atoms with Crippen LogP contribution in [0.25, 0.3) is 0 Å². The quantitative estimate of drug-likeness (QED) is 0.618. The van der Waals surface area contributed by atoms with Gasteiger partial charge in [-0.2, -0.15) is 0 Å². The number of sulfonamides is 1. The number of carbonyl (C=O) groups excluding carboxylic acids is 2. The van der Waals surface area contributed by atoms with Crippen LogP contribution in [0.1, 0.15) is 23.2 Å². The van der Waals surface area contributed by atoms with E-state index in [4.69, 9.17) is 4.74 Å². The maximum absolute atomic E-state index is 13.3. The largest absolute Gasteiger partial charge is 0.495 e. The van der Waals surface area contributed by atoms with Crippen molar-refractivity contribution >= 4 is 27.6 Å². The summed E-state index contributed by atoms with van der Waals surface area (Å²) < 4.78 is 44.9. The molecule has 0 spiro atoms. The molecule has 9 nitrogen and oxygen atoms in total. The summed E-state index contributed by atoms with van der Waals surface area (Å²) >= 11 is 0. The molecule has 11 heteroatoms. The molecule has 2 N–H and O–H groups in total. The summed E-state index contributed by atoms with van der Waals surface area (Å²) in [6, 6.07) is 9.51. The van der Waals surface area contributed by atoms with Gasteiger partial charge >= 0.3 is 6.03 Å². The lowest BCUT2D eigenvalue weighted by atomic mass is 9.97. The number of hydrogen-bond acceptors (Lipinski definition) is 5. The molecule has 0 bridgehead atoms. The van der Waals surface area contributed by atoms with E-state index in [0.717, 1.165) is 17.1 Å². The Morgan fingerprint density at radius 3 is 2.65 bits per heavy atom. The minimum absolute atomic E-state index is 0.0270. The highest BCUT2D eigenvalue weighted by atomic mass is 32.2. The summed E-state index contributed by atoms with van der Waals surface area (Å²) in [4.78, 5) is 26.9. The molecule has 1 heterocycles. The lowest BCUT2D eigenvalue weighted by molar-refractivity contribution is 0.0675. The molecule has 0 radical (unpaired) electrons. The summed E-state index contributed by atoms with van der Waals surface area (Å²) in [6.07, 6.45) is 1.58. The molecule has 2 aromatic rings. The minimum atomic E-state index is -3.80. The van der Waals surface area contributed by atoms with Crippen LogP contribution in [0.4, 0.5) is 14.9 Å². The second-order valence-electron chi connectivity index (χ2n) is 8.26. The molecule has 0 saturated carbocycles. The average Bonchev–Trinajstić information content (AvgIpc) is 2.82. The highest BCUT2D eigenvalue weighted by Crippen LogP contribution is 2.28. The highest BCUT2D eigenvalue weighted by molar-refractivity contribution is 7.89. The Bertz CT molecular complexity index is 1160. The van der Waals surface area contributed by atoms with Crippen molar-refractivity contribution in [1.82, 2.24) is 14.5 Å². The zero-order chi connectivity index (χ0) is 24.9. The van der Waals surface area contributed by atoms with Crippen LogP contribution in [0, 0.1) is 11.7 Å². The van der Waals surface area contributed by atoms with Crippen LogP contribution in [0.15, 0.2) is 47.4 Å². The number of carbonyl (C=O) groups is 2. The number of nitrogens with zero attached hydrogens (tertiary/aromatic N) is 2. The van der Waals surface area contributed by atoms with Crippen molar-refractivity contribution in [2.24, 2.45) is 5.92 Å². The molecule has 34 heavy (non-hydrogen) atoms. The van der Waals surface area contributed by atoms with Gasteiger partial charge in [-0.1, -0.05) is 6.07 Å². The summed E-state index contributed by atoms with van der Waals surface area (Å²) in [5, 5.41) is 5.34. The number of rotatable bonds is 7. The number of urea groups is 1. The predicted octanol–water partition coefficient (Wildman–Crippen LogP) is 2.76. The number of hydrogen-bond donors (Lipinski definition) is 2. The van der Waals surface area contributed by atoms with Gasteiger partial charge in [-0.05, 0) is 55.2 Å². The molecular weight excluding hydrogens is 463 g/mol. The number of methoxy groups -OCH3 is 1. The maximum atomic E-state index is 13.3. The number of nitrogens with one attached hydrogen (secondary N) is 2. The first-order chi connectivity index (χ1) is 16.1. The lowest BCUT2D eigenvalue weighted by Crippen LogP contribution is -2.44. The number of ether oxygens (including phenoxy) is 1. The van der Waals surface area contributed by atoms with Gasteiger partial charge in [0.25, 0.3) is 5.91 Å². The van der Waals surface area contributed by atoms with Crippen molar-refractivity contribution < 1.29 is 27.1 Å². The van der Waals surface area contributed by atoms with E-state index in [2.05, 4.69) is 10.6 Å². The fraction of sp³-hybridized carbons (Fsp3) is 0.391. The molecule has 2 aromatic carbocycles. The summed E-state index contributed by atoms with van der Waals surface area (Å²) in [5.41, 5.74) is 0.597. The van der Waals surface area contributed by atoms with Crippen molar-refractivity contribution in [2.45, 2.75) is 17.7 Å². The molecule has 0 aliphatic carbocycles. The maximum Gasteiger partial charge on any atom is 0.319 e. The first kappa shape index (κ1) is 25.4. The summed E-state index contributed by atoms with van der Waals surface area (Å²) in [5.74, 6) is -0.541. The highest BCUT2D eigenvalue weighted by Gasteiger charge is 2.28. The average molecular weight is 493 g/mol. The van der Waals surface area contributed by atoms with Gasteiger partial charge in [0.15, 0.2) is 0 Å². The minimum Gasteiger partial charge on any atom is -0.495 e. The number of amides is 3. The number of halogens is 1. The second-order valence-corrected chi connectivity index (χ2v) is 10.4. The van der Waals surface area contributed by atoms with Gasteiger partial charge in [0.05, 0.1) is 7.11 Å². The summed E-state index contributed by atoms with van der Waals surface area (Å²) in [7, 11) is 0.394. The Hall–Kier alpha value is -3.18. The van der Waals surface area contributed by atoms with Crippen molar-refractivity contribution in [3.63, 3.8) is 0 Å². The molecule has 1 saturated heterocycles. The third-order valence-corrected chi connectivity index (χ3v) is 7.45. The van der Waals surface area contributed by atoms with E-state index in [9.17, 15) is 22.4 Å². The molecular formula is C23H29FN4O5S. The van der Waals surface area contributed by atoms with Crippen LogP contribution in [0.5, 0.6) is 5.75 Å². The SMILES string of the molecule is COc1ccc(C(=O)N2CCCC(CNC(=O)Nc3cccc(F)c3)C2)cc1S(=O)(=O)N(C)C. The Balaban J connectivity index is 1.64. The third-order valence-electron chi connectivity index (χ3n) is 5.61. The van der Waals surface area contributed by atoms with E-state index in [1.807, 2.05) is 0 Å². The normalized spacial score (nSPS) is 16.3. The van der Waals surface area contributed by atoms with Crippen molar-refractivity contribution in [3.05, 3.63) is 53.8 Å². The first-order valence-corrected chi connectivity index (χ1v) is 12.3. The molecule has 184 valence electrons. The Morgan fingerprint density at radius 1 is 1.21 bits per heavy atom. The zero-order valence-electron chi connectivity index (χ0n) is 19.4. The Labute approximate surface area is 198 Å². The van der Waals surface area contributed by atoms with Gasteiger partial charge in [0.1, 0.15) is 16.5 Å². The van der Waals surface area contributed by atoms with Crippen molar-refractivity contribution in [1.29, 1.82) is 0 Å². The monoisotopic (exact) mass is 492 g/mol. The topological polar surface area (TPSA) is 108 Å². The molecule has 1 aliphatic rings. The summed E-state index contributed by atoms with van der Waals surface area (Å²) in [6.45, 7) is 1.29. The third kappa shape index (κ3) is 6.03. The van der Waals surface area contributed by atoms with Gasteiger partial charge in [-0.15, -0.1) is 0 Å². The van der Waals surface area contributed by atoms with Crippen molar-refractivity contribution in [2.75, 3.05) is 46.2 Å². The number of benzene rings is 2. The fourth-order valence-electron chi connectivity index (χ4n) is 3.79. The predicted molar refractivity (Wildman–Crippen MR) is 126 cm³/mol. The molecule has 1 fully saturated rings. The van der Waals surface area contributed by atoms with Crippen LogP contribution >= 0.6 is 0 Å². The van der Waals surface area contributed by atoms with E-state index in [1.165, 1.54) is 51.5 Å². The first-order valence-electron chi connectivity index (χ1n) is 10.8. The molecule has 3 amide bonds. The van der Waals surface area contributed by atoms with Crippen LogP contribution in [0.3, 0.4) is 0 Å². The lowest BCUT2D eigenvalue weighted by Gasteiger charge is -2.33.